The number of hydrogen-bond acceptors (Lipinski definition) is 1. The van der Waals surface area contributed by atoms with E-state index >= 15 is 0 Å². The van der Waals surface area contributed by atoms with Crippen LogP contribution in [-0.4, -0.2) is 11.1 Å². The molecule has 0 aliphatic heterocycles. The van der Waals surface area contributed by atoms with Crippen LogP contribution in [0.25, 0.3) is 0 Å². The molecule has 2 heteroatoms. The van der Waals surface area contributed by atoms with Crippen LogP contribution in [0.15, 0.2) is 0 Å². The maximum absolute atomic E-state index is 11.5. The summed E-state index contributed by atoms with van der Waals surface area (Å²) in [6.45, 7) is 17.8. The number of hydrogen-bond donors (Lipinski definition) is 1. The minimum atomic E-state index is -0.610. The van der Waals surface area contributed by atoms with E-state index in [9.17, 15) is 9.90 Å². The molecule has 170 valence electrons. The molecule has 10 atom stereocenters. The maximum atomic E-state index is 11.5. The van der Waals surface area contributed by atoms with E-state index in [1.807, 2.05) is 0 Å². The van der Waals surface area contributed by atoms with Gasteiger partial charge in [0.15, 0.2) is 0 Å². The molecule has 2 nitrogen and oxygen atoms in total. The van der Waals surface area contributed by atoms with E-state index in [-0.39, 0.29) is 0 Å². The summed E-state index contributed by atoms with van der Waals surface area (Å²) in [5, 5.41) is 9.46. The normalized spacial score (nSPS) is 56.8. The molecule has 5 saturated carbocycles. The van der Waals surface area contributed by atoms with Gasteiger partial charge >= 0.3 is 5.97 Å². The van der Waals surface area contributed by atoms with Crippen LogP contribution in [0.3, 0.4) is 0 Å². The molecule has 5 fully saturated rings. The first-order chi connectivity index (χ1) is 13.9. The first kappa shape index (κ1) is 21.3. The second-order valence-corrected chi connectivity index (χ2v) is 13.8. The molecule has 0 heterocycles. The van der Waals surface area contributed by atoms with Crippen molar-refractivity contribution in [1.82, 2.24) is 0 Å². The lowest BCUT2D eigenvalue weighted by Crippen LogP contribution is -2.56. The smallest absolute Gasteiger partial charge is 0.303 e. The number of carboxylic acid groups (broad SMARTS) is 1. The molecule has 5 aliphatic rings. The van der Waals surface area contributed by atoms with Gasteiger partial charge in [-0.3, -0.25) is 4.79 Å². The van der Waals surface area contributed by atoms with Crippen LogP contribution in [0.1, 0.15) is 106 Å². The highest BCUT2D eigenvalue weighted by Crippen LogP contribution is 2.91. The SMILES string of the molecule is CC1CCC23C(CCC4[C@]5(C)CCC([C@H](C)CC(=O)O)[C@@]5(C)CC[C@]42[C@@H]3C)C1(C)C. The van der Waals surface area contributed by atoms with E-state index in [4.69, 9.17) is 0 Å². The third-order valence-corrected chi connectivity index (χ3v) is 13.6. The summed E-state index contributed by atoms with van der Waals surface area (Å²) in [5.74, 6) is 3.80. The highest BCUT2D eigenvalue weighted by Gasteiger charge is 2.85. The van der Waals surface area contributed by atoms with Gasteiger partial charge in [-0.05, 0) is 114 Å². The zero-order chi connectivity index (χ0) is 21.9. The van der Waals surface area contributed by atoms with Crippen molar-refractivity contribution >= 4 is 5.97 Å². The summed E-state index contributed by atoms with van der Waals surface area (Å²) < 4.78 is 0. The molecule has 5 unspecified atom stereocenters. The minimum absolute atomic E-state index is 0.305. The van der Waals surface area contributed by atoms with Crippen LogP contribution < -0.4 is 0 Å². The highest BCUT2D eigenvalue weighted by atomic mass is 16.4. The molecule has 2 spiro atoms. The summed E-state index contributed by atoms with van der Waals surface area (Å²) in [7, 11) is 0. The van der Waals surface area contributed by atoms with E-state index in [1.165, 1.54) is 51.4 Å². The summed E-state index contributed by atoms with van der Waals surface area (Å²) in [6, 6.07) is 0. The van der Waals surface area contributed by atoms with E-state index in [0.717, 1.165) is 23.7 Å². The van der Waals surface area contributed by atoms with Crippen molar-refractivity contribution in [3.05, 3.63) is 0 Å². The lowest BCUT2D eigenvalue weighted by Gasteiger charge is -2.63. The van der Waals surface area contributed by atoms with Crippen molar-refractivity contribution in [3.8, 4) is 0 Å². The van der Waals surface area contributed by atoms with Gasteiger partial charge in [-0.2, -0.15) is 0 Å². The van der Waals surface area contributed by atoms with Gasteiger partial charge in [0.25, 0.3) is 0 Å². The van der Waals surface area contributed by atoms with Crippen LogP contribution in [0.2, 0.25) is 0 Å². The fourth-order valence-electron chi connectivity index (χ4n) is 11.6. The Morgan fingerprint density at radius 1 is 0.867 bits per heavy atom. The molecule has 0 aromatic heterocycles. The van der Waals surface area contributed by atoms with Gasteiger partial charge < -0.3 is 5.11 Å². The molecule has 0 radical (unpaired) electrons. The number of fused-ring (bicyclic) bond motifs is 2. The monoisotopic (exact) mass is 414 g/mol. The molecule has 30 heavy (non-hydrogen) atoms. The molecular weight excluding hydrogens is 368 g/mol. The molecular formula is C28H46O2. The van der Waals surface area contributed by atoms with Crippen molar-refractivity contribution in [2.75, 3.05) is 0 Å². The first-order valence-corrected chi connectivity index (χ1v) is 13.1. The maximum Gasteiger partial charge on any atom is 0.303 e. The van der Waals surface area contributed by atoms with Gasteiger partial charge in [-0.15, -0.1) is 0 Å². The van der Waals surface area contributed by atoms with Gasteiger partial charge in [0.2, 0.25) is 0 Å². The molecule has 1 N–H and O–H groups in total. The van der Waals surface area contributed by atoms with Gasteiger partial charge in [0, 0.05) is 6.42 Å². The largest absolute Gasteiger partial charge is 0.481 e. The fraction of sp³-hybridized carbons (Fsp3) is 0.964. The van der Waals surface area contributed by atoms with Crippen LogP contribution >= 0.6 is 0 Å². The van der Waals surface area contributed by atoms with Crippen molar-refractivity contribution in [3.63, 3.8) is 0 Å². The number of rotatable bonds is 3. The van der Waals surface area contributed by atoms with E-state index in [0.29, 0.717) is 45.3 Å². The molecule has 0 saturated heterocycles. The molecule has 0 amide bonds. The second kappa shape index (κ2) is 6.07. The predicted octanol–water partition coefficient (Wildman–Crippen LogP) is 7.42. The van der Waals surface area contributed by atoms with Gasteiger partial charge in [-0.25, -0.2) is 0 Å². The molecule has 0 aromatic rings. The topological polar surface area (TPSA) is 37.3 Å². The minimum Gasteiger partial charge on any atom is -0.481 e. The molecule has 0 aromatic carbocycles. The van der Waals surface area contributed by atoms with E-state index in [1.54, 1.807) is 0 Å². The Hall–Kier alpha value is -0.530. The van der Waals surface area contributed by atoms with Crippen molar-refractivity contribution in [2.24, 2.45) is 62.6 Å². The summed E-state index contributed by atoms with van der Waals surface area (Å²) >= 11 is 0. The van der Waals surface area contributed by atoms with Crippen LogP contribution in [0.4, 0.5) is 0 Å². The van der Waals surface area contributed by atoms with Crippen LogP contribution in [0.5, 0.6) is 0 Å². The standard InChI is InChI=1S/C28H46O2/c1-17(16-23(29)30)20-11-12-26(7)22-9-8-21-24(4,5)18(2)10-13-27(21)19(3)28(22,27)15-14-25(20,26)6/h17-22H,8-16H2,1-7H3,(H,29,30)/t17-,18?,19-,20?,21?,22?,25-,26+,27?,28+/m1/s1. The number of aliphatic carboxylic acids is 1. The van der Waals surface area contributed by atoms with E-state index < -0.39 is 5.97 Å². The molecule has 0 bridgehead atoms. The average Bonchev–Trinajstić information content (AvgIpc) is 3.05. The quantitative estimate of drug-likeness (QED) is 0.521. The Kier molecular flexibility index (Phi) is 4.32. The Balaban J connectivity index is 1.51. The Morgan fingerprint density at radius 3 is 2.17 bits per heavy atom. The Bertz CT molecular complexity index is 756. The fourth-order valence-corrected chi connectivity index (χ4v) is 11.6. The zero-order valence-electron chi connectivity index (χ0n) is 20.7. The summed E-state index contributed by atoms with van der Waals surface area (Å²) in [4.78, 5) is 11.5. The van der Waals surface area contributed by atoms with E-state index in [2.05, 4.69) is 48.5 Å². The van der Waals surface area contributed by atoms with Gasteiger partial charge in [-0.1, -0.05) is 48.5 Å². The average molecular weight is 415 g/mol. The highest BCUT2D eigenvalue weighted by molar-refractivity contribution is 5.67. The Labute approximate surface area is 185 Å². The number of carboxylic acids is 1. The zero-order valence-corrected chi connectivity index (χ0v) is 20.7. The summed E-state index contributed by atoms with van der Waals surface area (Å²) in [6.07, 6.45) is 11.5. The number of carbonyl (C=O) groups is 1. The third-order valence-electron chi connectivity index (χ3n) is 13.6. The second-order valence-electron chi connectivity index (χ2n) is 13.8. The molecule has 5 rings (SSSR count). The first-order valence-electron chi connectivity index (χ1n) is 13.1. The van der Waals surface area contributed by atoms with Gasteiger partial charge in [0.1, 0.15) is 0 Å². The molecule has 5 aliphatic carbocycles. The predicted molar refractivity (Wildman–Crippen MR) is 122 cm³/mol. The lowest BCUT2D eigenvalue weighted by molar-refractivity contribution is -0.152. The third kappa shape index (κ3) is 2.11. The van der Waals surface area contributed by atoms with Crippen LogP contribution in [0, 0.1) is 62.6 Å². The summed E-state index contributed by atoms with van der Waals surface area (Å²) in [5.41, 5.74) is 2.41. The van der Waals surface area contributed by atoms with Crippen molar-refractivity contribution in [1.29, 1.82) is 0 Å². The van der Waals surface area contributed by atoms with Crippen LogP contribution in [-0.2, 0) is 4.79 Å². The van der Waals surface area contributed by atoms with Crippen molar-refractivity contribution < 1.29 is 9.90 Å². The van der Waals surface area contributed by atoms with Gasteiger partial charge in [0.05, 0.1) is 0 Å². The Morgan fingerprint density at radius 2 is 1.50 bits per heavy atom. The van der Waals surface area contributed by atoms with Crippen molar-refractivity contribution in [2.45, 2.75) is 106 Å². The lowest BCUT2D eigenvalue weighted by atomic mass is 9.41.